The molecule has 3 N–H and O–H groups in total. The molecule has 3 nitrogen and oxygen atoms in total. The van der Waals surface area contributed by atoms with Crippen molar-refractivity contribution in [3.05, 3.63) is 29.3 Å². The Bertz CT molecular complexity index is 419. The van der Waals surface area contributed by atoms with Crippen LogP contribution in [0.5, 0.6) is 5.75 Å². The maximum Gasteiger partial charge on any atom is 0.119 e. The summed E-state index contributed by atoms with van der Waals surface area (Å²) >= 11 is 0. The second-order valence-corrected chi connectivity index (χ2v) is 5.64. The molecule has 0 bridgehead atoms. The number of aryl methyl sites for hydroxylation is 1. The van der Waals surface area contributed by atoms with Crippen molar-refractivity contribution in [3.63, 3.8) is 0 Å². The van der Waals surface area contributed by atoms with Gasteiger partial charge in [-0.1, -0.05) is 25.3 Å². The van der Waals surface area contributed by atoms with Gasteiger partial charge in [-0.2, -0.15) is 0 Å². The number of benzene rings is 1. The quantitative estimate of drug-likeness (QED) is 0.896. The molecule has 0 aromatic heterocycles. The minimum Gasteiger partial charge on any atom is -0.497 e. The Morgan fingerprint density at radius 2 is 1.90 bits per heavy atom. The van der Waals surface area contributed by atoms with Crippen molar-refractivity contribution in [2.75, 3.05) is 7.11 Å². The number of aliphatic hydroxyl groups excluding tert-OH is 1. The van der Waals surface area contributed by atoms with Crippen LogP contribution in [0.2, 0.25) is 0 Å². The van der Waals surface area contributed by atoms with Gasteiger partial charge in [0.2, 0.25) is 0 Å². The Labute approximate surface area is 127 Å². The smallest absolute Gasteiger partial charge is 0.119 e. The van der Waals surface area contributed by atoms with Crippen molar-refractivity contribution < 1.29 is 9.84 Å². The molecular formula is C16H26ClNO2. The van der Waals surface area contributed by atoms with E-state index in [1.54, 1.807) is 7.11 Å². The molecule has 2 atom stereocenters. The largest absolute Gasteiger partial charge is 0.497 e. The summed E-state index contributed by atoms with van der Waals surface area (Å²) in [5.41, 5.74) is 8.38. The third kappa shape index (κ3) is 3.87. The number of methoxy groups -OCH3 is 1. The van der Waals surface area contributed by atoms with E-state index in [9.17, 15) is 5.11 Å². The van der Waals surface area contributed by atoms with Gasteiger partial charge in [-0.25, -0.2) is 0 Å². The molecule has 0 radical (unpaired) electrons. The van der Waals surface area contributed by atoms with Gasteiger partial charge in [0.1, 0.15) is 5.75 Å². The van der Waals surface area contributed by atoms with Crippen LogP contribution in [0.25, 0.3) is 0 Å². The van der Waals surface area contributed by atoms with E-state index in [2.05, 4.69) is 0 Å². The van der Waals surface area contributed by atoms with Gasteiger partial charge in [-0.05, 0) is 48.9 Å². The molecule has 1 aromatic carbocycles. The van der Waals surface area contributed by atoms with Gasteiger partial charge in [-0.15, -0.1) is 12.4 Å². The van der Waals surface area contributed by atoms with Crippen LogP contribution >= 0.6 is 12.4 Å². The van der Waals surface area contributed by atoms with E-state index < -0.39 is 6.10 Å². The predicted molar refractivity (Wildman–Crippen MR) is 84.5 cm³/mol. The van der Waals surface area contributed by atoms with Crippen LogP contribution in [-0.2, 0) is 0 Å². The zero-order valence-corrected chi connectivity index (χ0v) is 13.2. The van der Waals surface area contributed by atoms with E-state index in [1.165, 1.54) is 19.3 Å². The van der Waals surface area contributed by atoms with Gasteiger partial charge < -0.3 is 15.6 Å². The summed E-state index contributed by atoms with van der Waals surface area (Å²) in [7, 11) is 1.66. The average Bonchev–Trinajstić information content (AvgIpc) is 2.46. The van der Waals surface area contributed by atoms with E-state index >= 15 is 0 Å². The second-order valence-electron chi connectivity index (χ2n) is 5.64. The lowest BCUT2D eigenvalue weighted by Crippen LogP contribution is -2.34. The fourth-order valence-electron chi connectivity index (χ4n) is 3.10. The summed E-state index contributed by atoms with van der Waals surface area (Å²) in [6.45, 7) is 2.02. The van der Waals surface area contributed by atoms with E-state index in [0.29, 0.717) is 5.92 Å². The maximum atomic E-state index is 10.5. The first kappa shape index (κ1) is 17.3. The Morgan fingerprint density at radius 1 is 1.25 bits per heavy atom. The normalized spacial score (nSPS) is 19.0. The fourth-order valence-corrected chi connectivity index (χ4v) is 3.10. The highest BCUT2D eigenvalue weighted by atomic mass is 35.5. The van der Waals surface area contributed by atoms with Gasteiger partial charge in [0, 0.05) is 0 Å². The molecule has 0 amide bonds. The molecule has 1 aromatic rings. The number of nitrogens with two attached hydrogens (primary N) is 1. The van der Waals surface area contributed by atoms with E-state index in [4.69, 9.17) is 10.5 Å². The number of rotatable bonds is 4. The summed E-state index contributed by atoms with van der Waals surface area (Å²) in [5.74, 6) is 1.19. The first-order chi connectivity index (χ1) is 9.13. The fraction of sp³-hybridized carbons (Fsp3) is 0.625. The summed E-state index contributed by atoms with van der Waals surface area (Å²) in [6, 6.07) is 5.57. The number of aliphatic hydroxyl groups is 1. The SMILES string of the molecule is COc1ccc([C@@H](N)[C@@H](O)C2CCCCC2)c(C)c1.Cl. The minimum atomic E-state index is -0.438. The second kappa shape index (κ2) is 7.87. The molecule has 1 aliphatic carbocycles. The predicted octanol–water partition coefficient (Wildman–Crippen LogP) is 3.37. The molecule has 0 unspecified atom stereocenters. The first-order valence-electron chi connectivity index (χ1n) is 7.21. The van der Waals surface area contributed by atoms with Gasteiger partial charge in [-0.3, -0.25) is 0 Å². The minimum absolute atomic E-state index is 0. The highest BCUT2D eigenvalue weighted by Crippen LogP contribution is 2.32. The Hall–Kier alpha value is -0.770. The van der Waals surface area contributed by atoms with Crippen molar-refractivity contribution >= 4 is 12.4 Å². The third-order valence-electron chi connectivity index (χ3n) is 4.34. The molecule has 1 aliphatic rings. The lowest BCUT2D eigenvalue weighted by molar-refractivity contribution is 0.0616. The number of hydrogen-bond donors (Lipinski definition) is 2. The molecule has 114 valence electrons. The molecule has 0 spiro atoms. The molecule has 0 aliphatic heterocycles. The average molecular weight is 300 g/mol. The molecule has 0 saturated heterocycles. The maximum absolute atomic E-state index is 10.5. The summed E-state index contributed by atoms with van der Waals surface area (Å²) < 4.78 is 5.20. The topological polar surface area (TPSA) is 55.5 Å². The molecule has 0 heterocycles. The van der Waals surface area contributed by atoms with E-state index in [-0.39, 0.29) is 18.4 Å². The van der Waals surface area contributed by atoms with E-state index in [1.807, 2.05) is 25.1 Å². The summed E-state index contributed by atoms with van der Waals surface area (Å²) in [5, 5.41) is 10.5. The summed E-state index contributed by atoms with van der Waals surface area (Å²) in [4.78, 5) is 0. The number of hydrogen-bond acceptors (Lipinski definition) is 3. The Kier molecular flexibility index (Phi) is 6.80. The molecule has 2 rings (SSSR count). The molecule has 20 heavy (non-hydrogen) atoms. The number of halogens is 1. The Morgan fingerprint density at radius 3 is 2.45 bits per heavy atom. The lowest BCUT2D eigenvalue weighted by Gasteiger charge is -2.31. The molecule has 1 saturated carbocycles. The Balaban J connectivity index is 0.00000200. The van der Waals surface area contributed by atoms with E-state index in [0.717, 1.165) is 29.7 Å². The summed E-state index contributed by atoms with van der Waals surface area (Å²) in [6.07, 6.45) is 5.49. The molecule has 1 fully saturated rings. The highest BCUT2D eigenvalue weighted by molar-refractivity contribution is 5.85. The van der Waals surface area contributed by atoms with Crippen LogP contribution in [0, 0.1) is 12.8 Å². The monoisotopic (exact) mass is 299 g/mol. The highest BCUT2D eigenvalue weighted by Gasteiger charge is 2.28. The van der Waals surface area contributed by atoms with Crippen LogP contribution in [0.3, 0.4) is 0 Å². The van der Waals surface area contributed by atoms with Gasteiger partial charge in [0.05, 0.1) is 19.3 Å². The van der Waals surface area contributed by atoms with Crippen molar-refractivity contribution in [1.29, 1.82) is 0 Å². The van der Waals surface area contributed by atoms with Crippen LogP contribution in [-0.4, -0.2) is 18.3 Å². The van der Waals surface area contributed by atoms with Gasteiger partial charge in [0.15, 0.2) is 0 Å². The number of ether oxygens (including phenoxy) is 1. The van der Waals surface area contributed by atoms with Crippen LogP contribution in [0.4, 0.5) is 0 Å². The van der Waals surface area contributed by atoms with Gasteiger partial charge in [0.25, 0.3) is 0 Å². The van der Waals surface area contributed by atoms with Gasteiger partial charge >= 0.3 is 0 Å². The van der Waals surface area contributed by atoms with Crippen molar-refractivity contribution in [3.8, 4) is 5.75 Å². The zero-order chi connectivity index (χ0) is 13.8. The van der Waals surface area contributed by atoms with Crippen molar-refractivity contribution in [2.45, 2.75) is 51.2 Å². The van der Waals surface area contributed by atoms with Crippen LogP contribution in [0.15, 0.2) is 18.2 Å². The third-order valence-corrected chi connectivity index (χ3v) is 4.34. The standard InChI is InChI=1S/C16H25NO2.ClH/c1-11-10-13(19-2)8-9-14(11)15(17)16(18)12-6-4-3-5-7-12;/h8-10,12,15-16,18H,3-7,17H2,1-2H3;1H/t15-,16+;/m1./s1. The zero-order valence-electron chi connectivity index (χ0n) is 12.3. The molecular weight excluding hydrogens is 274 g/mol. The first-order valence-corrected chi connectivity index (χ1v) is 7.21. The van der Waals surface area contributed by atoms with Crippen molar-refractivity contribution in [2.24, 2.45) is 11.7 Å². The molecule has 4 heteroatoms. The van der Waals surface area contributed by atoms with Crippen LogP contribution in [0.1, 0.15) is 49.3 Å². The van der Waals surface area contributed by atoms with Crippen LogP contribution < -0.4 is 10.5 Å². The van der Waals surface area contributed by atoms with Crippen molar-refractivity contribution in [1.82, 2.24) is 0 Å². The lowest BCUT2D eigenvalue weighted by atomic mass is 9.81.